The summed E-state index contributed by atoms with van der Waals surface area (Å²) in [5.74, 6) is 0. The van der Waals surface area contributed by atoms with Crippen LogP contribution in [-0.2, 0) is 38.8 Å². The van der Waals surface area contributed by atoms with E-state index in [4.69, 9.17) is 0 Å². The smallest absolute Gasteiger partial charge is 1.00 e. The topological polar surface area (TPSA) is 94.5 Å². The molecule has 6 heteroatoms. The molecule has 0 amide bonds. The Morgan fingerprint density at radius 3 is 0.833 bits per heavy atom. The van der Waals surface area contributed by atoms with Crippen molar-refractivity contribution in [1.82, 2.24) is 0 Å². The van der Waals surface area contributed by atoms with Crippen molar-refractivity contribution in [3.05, 3.63) is 0 Å². The van der Waals surface area contributed by atoms with Gasteiger partial charge in [-0.3, -0.25) is 0 Å². The van der Waals surface area contributed by atoms with Crippen molar-refractivity contribution in [2.75, 3.05) is 0 Å². The maximum atomic E-state index is 0. The van der Waals surface area contributed by atoms with Gasteiger partial charge in [-0.25, -0.2) is 0 Å². The minimum atomic E-state index is 0. The summed E-state index contributed by atoms with van der Waals surface area (Å²) in [5, 5.41) is 0. The second-order valence-corrected chi connectivity index (χ2v) is 0. The molecule has 0 rings (SSSR count). The van der Waals surface area contributed by atoms with Gasteiger partial charge in [0, 0.05) is 38.8 Å². The summed E-state index contributed by atoms with van der Waals surface area (Å²) >= 11 is 0. The van der Waals surface area contributed by atoms with Gasteiger partial charge in [-0.2, -0.15) is 0 Å². The van der Waals surface area contributed by atoms with Crippen molar-refractivity contribution in [3.63, 3.8) is 0 Å². The van der Waals surface area contributed by atoms with Crippen LogP contribution in [0.5, 0.6) is 0 Å². The molecule has 0 unspecified atom stereocenters. The third-order valence-corrected chi connectivity index (χ3v) is 0. The van der Waals surface area contributed by atoms with Crippen LogP contribution in [0.25, 0.3) is 0 Å². The van der Waals surface area contributed by atoms with E-state index < -0.39 is 0 Å². The molecular weight excluding hydrogens is 158 g/mol. The predicted octanol–water partition coefficient (Wildman–Crippen LogP) is -5.36. The van der Waals surface area contributed by atoms with E-state index in [1.807, 2.05) is 0 Å². The fourth-order valence-electron chi connectivity index (χ4n) is 0. The zero-order valence-electron chi connectivity index (χ0n) is 4.38. The van der Waals surface area contributed by atoms with Crippen LogP contribution in [0.2, 0.25) is 0 Å². The molecule has 0 atom stereocenters. The van der Waals surface area contributed by atoms with Crippen LogP contribution in [-0.4, -0.2) is 16.4 Å². The molecule has 0 heterocycles. The molecular formula is H7LiMnO3Ti. The summed E-state index contributed by atoms with van der Waals surface area (Å²) in [6, 6.07) is 0. The van der Waals surface area contributed by atoms with Crippen LogP contribution in [0.15, 0.2) is 0 Å². The zero-order valence-corrected chi connectivity index (χ0v) is 6.12. The summed E-state index contributed by atoms with van der Waals surface area (Å²) in [6.45, 7) is 0. The summed E-state index contributed by atoms with van der Waals surface area (Å²) in [6.07, 6.45) is 0. The Morgan fingerprint density at radius 2 is 0.833 bits per heavy atom. The van der Waals surface area contributed by atoms with E-state index >= 15 is 0 Å². The molecule has 0 spiro atoms. The third kappa shape index (κ3) is 43.3. The molecule has 0 aromatic carbocycles. The third-order valence-electron chi connectivity index (χ3n) is 0. The van der Waals surface area contributed by atoms with E-state index in [0.717, 1.165) is 0 Å². The van der Waals surface area contributed by atoms with E-state index in [1.165, 1.54) is 0 Å². The van der Waals surface area contributed by atoms with Gasteiger partial charge in [0.25, 0.3) is 0 Å². The standard InChI is InChI=1S/Li.Mn.3H2O.Ti.H/h;;3*1H2;;/q+1;;;;;;-1. The largest absolute Gasteiger partial charge is 1.00 e. The fourth-order valence-corrected chi connectivity index (χ4v) is 0. The van der Waals surface area contributed by atoms with Gasteiger partial charge in [0.1, 0.15) is 0 Å². The van der Waals surface area contributed by atoms with Crippen molar-refractivity contribution in [3.8, 4) is 0 Å². The molecule has 6 N–H and O–H groups in total. The SMILES string of the molecule is O.O.O.[H-].[Li+].[Mn].[Ti]. The van der Waals surface area contributed by atoms with Crippen LogP contribution in [0, 0.1) is 0 Å². The molecule has 0 saturated heterocycles. The van der Waals surface area contributed by atoms with E-state index in [9.17, 15) is 0 Å². The second kappa shape index (κ2) is 74.8. The summed E-state index contributed by atoms with van der Waals surface area (Å²) in [5.41, 5.74) is 0. The monoisotopic (exact) mass is 165 g/mol. The van der Waals surface area contributed by atoms with Crippen LogP contribution in [0.1, 0.15) is 1.43 Å². The molecule has 0 aromatic heterocycles. The molecule has 3 nitrogen and oxygen atoms in total. The Hall–Kier alpha value is 1.71. The molecule has 0 aliphatic rings. The summed E-state index contributed by atoms with van der Waals surface area (Å²) < 4.78 is 0. The Morgan fingerprint density at radius 1 is 0.833 bits per heavy atom. The summed E-state index contributed by atoms with van der Waals surface area (Å²) in [7, 11) is 0. The number of rotatable bonds is 0. The normalized spacial score (nSPS) is 0. The molecule has 0 fully saturated rings. The zero-order chi connectivity index (χ0) is 0. The minimum Gasteiger partial charge on any atom is -1.00 e. The van der Waals surface area contributed by atoms with E-state index in [0.29, 0.717) is 0 Å². The Labute approximate surface area is 75.2 Å². The van der Waals surface area contributed by atoms with Gasteiger partial charge in [0.15, 0.2) is 0 Å². The minimum absolute atomic E-state index is 0. The average molecular weight is 165 g/mol. The quantitative estimate of drug-likeness (QED) is 0.320. The Bertz CT molecular complexity index is 14.9. The maximum absolute atomic E-state index is 0. The fraction of sp³-hybridized carbons (Fsp3) is 0. The first-order chi connectivity index (χ1) is 0. The van der Waals surface area contributed by atoms with Gasteiger partial charge in [-0.05, 0) is 0 Å². The van der Waals surface area contributed by atoms with Crippen LogP contribution < -0.4 is 18.9 Å². The van der Waals surface area contributed by atoms with E-state index in [1.54, 1.807) is 0 Å². The molecule has 0 saturated carbocycles. The summed E-state index contributed by atoms with van der Waals surface area (Å²) in [4.78, 5) is 0. The first-order valence-electron chi connectivity index (χ1n) is 0. The molecule has 0 bridgehead atoms. The first-order valence-corrected chi connectivity index (χ1v) is 0. The van der Waals surface area contributed by atoms with Crippen molar-refractivity contribution >= 4 is 0 Å². The molecule has 0 aromatic rings. The van der Waals surface area contributed by atoms with Crippen LogP contribution >= 0.6 is 0 Å². The second-order valence-electron chi connectivity index (χ2n) is 0. The number of hydrogen-bond acceptors (Lipinski definition) is 0. The molecule has 6 heavy (non-hydrogen) atoms. The van der Waals surface area contributed by atoms with Gasteiger partial charge >= 0.3 is 18.9 Å². The van der Waals surface area contributed by atoms with Crippen molar-refractivity contribution in [1.29, 1.82) is 0 Å². The predicted molar refractivity (Wildman–Crippen MR) is 12.0 cm³/mol. The van der Waals surface area contributed by atoms with Crippen LogP contribution in [0.3, 0.4) is 0 Å². The van der Waals surface area contributed by atoms with Gasteiger partial charge in [-0.15, -0.1) is 0 Å². The van der Waals surface area contributed by atoms with Crippen LogP contribution in [0.4, 0.5) is 0 Å². The molecule has 37 valence electrons. The molecule has 0 aliphatic carbocycles. The van der Waals surface area contributed by atoms with Gasteiger partial charge in [0.2, 0.25) is 0 Å². The average Bonchev–Trinajstić information content (AvgIpc) is 0. The van der Waals surface area contributed by atoms with Crippen molar-refractivity contribution in [2.45, 2.75) is 0 Å². The van der Waals surface area contributed by atoms with E-state index in [2.05, 4.69) is 0 Å². The van der Waals surface area contributed by atoms with Crippen molar-refractivity contribution < 1.29 is 75.5 Å². The maximum Gasteiger partial charge on any atom is 1.00 e. The Balaban J connectivity index is 0. The molecule has 0 aliphatic heterocycles. The molecule has 1 radical (unpaired) electrons. The first kappa shape index (κ1) is 119. The van der Waals surface area contributed by atoms with Gasteiger partial charge in [-0.1, -0.05) is 0 Å². The Kier molecular flexibility index (Phi) is 1480. The van der Waals surface area contributed by atoms with Gasteiger partial charge < -0.3 is 17.9 Å². The van der Waals surface area contributed by atoms with Crippen molar-refractivity contribution in [2.24, 2.45) is 0 Å². The van der Waals surface area contributed by atoms with Gasteiger partial charge in [0.05, 0.1) is 0 Å². The number of hydrogen-bond donors (Lipinski definition) is 0. The van der Waals surface area contributed by atoms with E-state index in [-0.39, 0.29) is 75.5 Å².